The third-order valence-electron chi connectivity index (χ3n) is 0.236. The normalized spacial score (nSPS) is 8.40. The molecule has 0 atom stereocenters. The summed E-state index contributed by atoms with van der Waals surface area (Å²) in [5.74, 6) is 4.58. The average Bonchev–Trinajstić information content (AvgIpc) is 1.41. The summed E-state index contributed by atoms with van der Waals surface area (Å²) in [4.78, 5) is 0. The molecule has 5 heavy (non-hydrogen) atoms. The van der Waals surface area contributed by atoms with E-state index in [-0.39, 0.29) is 0 Å². The van der Waals surface area contributed by atoms with Gasteiger partial charge in [-0.2, -0.15) is 0 Å². The molecule has 0 N–H and O–H groups in total. The summed E-state index contributed by atoms with van der Waals surface area (Å²) in [5, 5.41) is 0. The maximum absolute atomic E-state index is 2.29. The zero-order valence-corrected chi connectivity index (χ0v) is 6.95. The Bertz CT molecular complexity index is 12.4. The molecule has 0 unspecified atom stereocenters. The van der Waals surface area contributed by atoms with Crippen molar-refractivity contribution in [3.05, 3.63) is 0 Å². The van der Waals surface area contributed by atoms with Crippen molar-refractivity contribution in [2.45, 2.75) is 15.9 Å². The molecule has 0 heterocycles. The molecule has 0 saturated carbocycles. The third kappa shape index (κ3) is 5.04. The van der Waals surface area contributed by atoms with Crippen LogP contribution in [0.4, 0.5) is 0 Å². The summed E-state index contributed by atoms with van der Waals surface area (Å²) in [6, 6.07) is 0. The van der Waals surface area contributed by atoms with E-state index in [0.29, 0.717) is 0 Å². The molecule has 0 bridgehead atoms. The molecule has 0 aliphatic heterocycles. The predicted octanol–water partition coefficient (Wildman–Crippen LogP) is 0.867. The van der Waals surface area contributed by atoms with Crippen LogP contribution in [0.15, 0.2) is 0 Å². The van der Waals surface area contributed by atoms with Gasteiger partial charge >= 0.3 is 45.8 Å². The van der Waals surface area contributed by atoms with Gasteiger partial charge in [-0.1, -0.05) is 0 Å². The molecule has 0 amide bonds. The maximum atomic E-state index is 2.29. The summed E-state index contributed by atoms with van der Waals surface area (Å²) in [6.07, 6.45) is 0. The van der Waals surface area contributed by atoms with Gasteiger partial charge in [-0.25, -0.2) is 0 Å². The van der Waals surface area contributed by atoms with Crippen molar-refractivity contribution in [2.24, 2.45) is 0 Å². The van der Waals surface area contributed by atoms with Gasteiger partial charge in [0.05, 0.1) is 0 Å². The number of hydrogen-bond donors (Lipinski definition) is 0. The molecule has 0 aromatic carbocycles. The predicted molar refractivity (Wildman–Crippen MR) is 28.0 cm³/mol. The topological polar surface area (TPSA) is 0 Å². The van der Waals surface area contributed by atoms with Crippen LogP contribution in [-0.2, 0) is 0 Å². The SMILES string of the molecule is C[Se][13CH2][Se]C. The first kappa shape index (κ1) is 6.04. The molecule has 0 aliphatic carbocycles. The van der Waals surface area contributed by atoms with E-state index in [0.717, 1.165) is 29.9 Å². The van der Waals surface area contributed by atoms with Gasteiger partial charge in [0.15, 0.2) is 0 Å². The molecular weight excluding hydrogens is 195 g/mol. The first-order valence-corrected chi connectivity index (χ1v) is 7.24. The second-order valence-electron chi connectivity index (χ2n) is 0.695. The van der Waals surface area contributed by atoms with Gasteiger partial charge < -0.3 is 0 Å². The molecule has 0 aliphatic rings. The van der Waals surface area contributed by atoms with Crippen LogP contribution in [-0.4, -0.2) is 29.9 Å². The monoisotopic (exact) mass is 205 g/mol. The first-order valence-electron chi connectivity index (χ1n) is 1.39. The van der Waals surface area contributed by atoms with E-state index in [9.17, 15) is 0 Å². The van der Waals surface area contributed by atoms with Gasteiger partial charge in [-0.3, -0.25) is 0 Å². The molecule has 0 saturated heterocycles. The van der Waals surface area contributed by atoms with Crippen molar-refractivity contribution in [3.63, 3.8) is 0 Å². The van der Waals surface area contributed by atoms with Crippen molar-refractivity contribution in [3.8, 4) is 0 Å². The van der Waals surface area contributed by atoms with Gasteiger partial charge in [0.2, 0.25) is 0 Å². The van der Waals surface area contributed by atoms with Crippen molar-refractivity contribution >= 4 is 29.9 Å². The standard InChI is InChI=1S/C3H8Se2/c1-4-3-5-2/h3H2,1-2H3/i3+1. The minimum atomic E-state index is 0.953. The summed E-state index contributed by atoms with van der Waals surface area (Å²) < 4.78 is 1.51. The summed E-state index contributed by atoms with van der Waals surface area (Å²) >= 11 is 1.91. The van der Waals surface area contributed by atoms with E-state index in [1.807, 2.05) is 0 Å². The number of hydrogen-bond acceptors (Lipinski definition) is 0. The van der Waals surface area contributed by atoms with E-state index >= 15 is 0 Å². The van der Waals surface area contributed by atoms with Crippen LogP contribution in [0, 0.1) is 0 Å². The van der Waals surface area contributed by atoms with Gasteiger partial charge in [0.1, 0.15) is 0 Å². The molecule has 0 nitrogen and oxygen atoms in total. The van der Waals surface area contributed by atoms with Gasteiger partial charge in [0.25, 0.3) is 0 Å². The Morgan fingerprint density at radius 1 is 1.20 bits per heavy atom. The zero-order valence-electron chi connectivity index (χ0n) is 3.52. The molecular formula is C3H8Se2. The first-order chi connectivity index (χ1) is 2.41. The Balaban J connectivity index is 2.19. The van der Waals surface area contributed by atoms with Crippen molar-refractivity contribution < 1.29 is 0 Å². The zero-order chi connectivity index (χ0) is 4.12. The fraction of sp³-hybridized carbons (Fsp3) is 1.00. The van der Waals surface area contributed by atoms with Gasteiger partial charge in [-0.15, -0.1) is 0 Å². The van der Waals surface area contributed by atoms with Gasteiger partial charge in [0, 0.05) is 0 Å². The van der Waals surface area contributed by atoms with E-state index in [2.05, 4.69) is 11.6 Å². The Morgan fingerprint density at radius 2 is 1.60 bits per heavy atom. The Hall–Kier alpha value is 1.04. The van der Waals surface area contributed by atoms with Crippen LogP contribution >= 0.6 is 0 Å². The molecule has 0 radical (unpaired) electrons. The van der Waals surface area contributed by atoms with E-state index in [4.69, 9.17) is 0 Å². The van der Waals surface area contributed by atoms with E-state index in [1.165, 1.54) is 4.22 Å². The average molecular weight is 203 g/mol. The van der Waals surface area contributed by atoms with Crippen LogP contribution < -0.4 is 0 Å². The Kier molecular flexibility index (Phi) is 6.09. The minimum absolute atomic E-state index is 0.953. The quantitative estimate of drug-likeness (QED) is 0.461. The molecule has 32 valence electrons. The number of rotatable bonds is 2. The molecule has 0 fully saturated rings. The van der Waals surface area contributed by atoms with Crippen LogP contribution in [0.25, 0.3) is 0 Å². The Labute approximate surface area is 46.0 Å². The van der Waals surface area contributed by atoms with Crippen molar-refractivity contribution in [1.82, 2.24) is 0 Å². The van der Waals surface area contributed by atoms with Crippen LogP contribution in [0.2, 0.25) is 15.9 Å². The van der Waals surface area contributed by atoms with Crippen molar-refractivity contribution in [2.75, 3.05) is 0 Å². The fourth-order valence-corrected chi connectivity index (χ4v) is 3.18. The van der Waals surface area contributed by atoms with Crippen molar-refractivity contribution in [1.29, 1.82) is 0 Å². The van der Waals surface area contributed by atoms with E-state index < -0.39 is 0 Å². The van der Waals surface area contributed by atoms with E-state index in [1.54, 1.807) is 0 Å². The Morgan fingerprint density at radius 3 is 1.60 bits per heavy atom. The van der Waals surface area contributed by atoms with Gasteiger partial charge in [-0.05, 0) is 0 Å². The summed E-state index contributed by atoms with van der Waals surface area (Å²) in [7, 11) is 0. The van der Waals surface area contributed by atoms with Crippen LogP contribution in [0.5, 0.6) is 0 Å². The molecule has 2 heteroatoms. The van der Waals surface area contributed by atoms with Crippen LogP contribution in [0.3, 0.4) is 0 Å². The van der Waals surface area contributed by atoms with Crippen LogP contribution in [0.1, 0.15) is 0 Å². The molecule has 0 rings (SSSR count). The molecule has 0 spiro atoms. The third-order valence-corrected chi connectivity index (χ3v) is 6.36. The summed E-state index contributed by atoms with van der Waals surface area (Å²) in [5.41, 5.74) is 0. The fourth-order valence-electron chi connectivity index (χ4n) is 0.118. The second kappa shape index (κ2) is 5.04. The molecule has 0 aromatic rings. The molecule has 0 aromatic heterocycles. The summed E-state index contributed by atoms with van der Waals surface area (Å²) in [6.45, 7) is 0. The second-order valence-corrected chi connectivity index (χ2v) is 6.18.